The molecule has 1 aromatic carbocycles. The van der Waals surface area contributed by atoms with Crippen molar-refractivity contribution in [3.63, 3.8) is 0 Å². The van der Waals surface area contributed by atoms with Gasteiger partial charge in [0.2, 0.25) is 0 Å². The second-order valence-corrected chi connectivity index (χ2v) is 2.62. The highest BCUT2D eigenvalue weighted by atomic mass is 16.1. The molecule has 2 heteroatoms. The van der Waals surface area contributed by atoms with Crippen LogP contribution < -0.4 is 0 Å². The van der Waals surface area contributed by atoms with Gasteiger partial charge in [-0.3, -0.25) is 9.69 Å². The molecule has 2 nitrogen and oxygen atoms in total. The first-order chi connectivity index (χ1) is 10.6. The zero-order chi connectivity index (χ0) is 18.8. The number of carbonyl (C=O) groups is 1. The zero-order valence-electron chi connectivity index (χ0n) is 17.2. The molecule has 1 aromatic rings. The van der Waals surface area contributed by atoms with Gasteiger partial charge in [-0.1, -0.05) is 30.3 Å². The van der Waals surface area contributed by atoms with Crippen LogP contribution in [0.1, 0.15) is 32.0 Å². The summed E-state index contributed by atoms with van der Waals surface area (Å²) in [6, 6.07) is 6.90. The van der Waals surface area contributed by atoms with Gasteiger partial charge in [0.15, 0.2) is 0 Å². The van der Waals surface area contributed by atoms with Crippen molar-refractivity contribution in [2.45, 2.75) is 19.2 Å². The highest BCUT2D eigenvalue weighted by Gasteiger charge is 2.15. The van der Waals surface area contributed by atoms with Crippen LogP contribution in [0.15, 0.2) is 30.3 Å². The van der Waals surface area contributed by atoms with Crippen molar-refractivity contribution in [3.8, 4) is 0 Å². The number of carbonyl (C=O) groups excluding carboxylic acids is 1. The molecule has 2 rings (SSSR count). The molecule has 1 saturated heterocycles. The number of hydrogen-bond donors (Lipinski definition) is 0. The lowest BCUT2D eigenvalue weighted by molar-refractivity contribution is -0.121. The van der Waals surface area contributed by atoms with E-state index in [2.05, 4.69) is 0 Å². The Labute approximate surface area is 98.6 Å². The zero-order valence-corrected chi connectivity index (χ0v) is 7.24. The van der Waals surface area contributed by atoms with Gasteiger partial charge in [0.25, 0.3) is 0 Å². The Balaban J connectivity index is 2.76. The molecular formula is C12H15NO. The molecular weight excluding hydrogens is 174 g/mol. The van der Waals surface area contributed by atoms with Crippen molar-refractivity contribution in [3.05, 3.63) is 35.9 Å². The van der Waals surface area contributed by atoms with Crippen LogP contribution in [0.25, 0.3) is 0 Å². The predicted octanol–water partition coefficient (Wildman–Crippen LogP) is 1.85. The Hall–Kier alpha value is -1.15. The van der Waals surface area contributed by atoms with Crippen molar-refractivity contribution in [1.82, 2.24) is 4.90 Å². The van der Waals surface area contributed by atoms with E-state index in [0.717, 1.165) is 0 Å². The lowest BCUT2D eigenvalue weighted by Gasteiger charge is -2.25. The molecule has 74 valence electrons. The monoisotopic (exact) mass is 199 g/mol. The van der Waals surface area contributed by atoms with Crippen molar-refractivity contribution in [2.75, 3.05) is 13.0 Å². The fraction of sp³-hybridized carbons (Fsp3) is 0.417. The van der Waals surface area contributed by atoms with E-state index in [-0.39, 0.29) is 10.5 Å². The van der Waals surface area contributed by atoms with E-state index in [1.165, 1.54) is 24.3 Å². The van der Waals surface area contributed by atoms with E-state index in [4.69, 9.17) is 13.7 Å². The van der Waals surface area contributed by atoms with Crippen molar-refractivity contribution in [1.29, 1.82) is 0 Å². The summed E-state index contributed by atoms with van der Waals surface area (Å²) in [5, 5.41) is 0. The van der Waals surface area contributed by atoms with E-state index in [1.807, 2.05) is 0 Å². The van der Waals surface area contributed by atoms with Crippen LogP contribution in [-0.4, -0.2) is 23.7 Å². The van der Waals surface area contributed by atoms with Crippen molar-refractivity contribution in [2.24, 2.45) is 0 Å². The summed E-state index contributed by atoms with van der Waals surface area (Å²) in [5.74, 6) is -1.90. The van der Waals surface area contributed by atoms with Crippen LogP contribution in [0.2, 0.25) is 0 Å². The molecule has 0 atom stereocenters. The molecule has 0 aromatic heterocycles. The fourth-order valence-corrected chi connectivity index (χ4v) is 0.970. The average Bonchev–Trinajstić information content (AvgIpc) is 2.45. The molecule has 0 radical (unpaired) electrons. The number of hydrogen-bond acceptors (Lipinski definition) is 2. The Kier molecular flexibility index (Phi) is 0.992. The van der Waals surface area contributed by atoms with Gasteiger partial charge in [0.1, 0.15) is 5.78 Å². The second kappa shape index (κ2) is 4.38. The molecule has 0 N–H and O–H groups in total. The molecule has 1 heterocycles. The highest BCUT2D eigenvalue weighted by Crippen LogP contribution is 2.10. The summed E-state index contributed by atoms with van der Waals surface area (Å²) in [6.45, 7) is -9.79. The van der Waals surface area contributed by atoms with Gasteiger partial charge < -0.3 is 0 Å². The first-order valence-electron chi connectivity index (χ1n) is 9.04. The van der Waals surface area contributed by atoms with Gasteiger partial charge in [-0.2, -0.15) is 0 Å². The summed E-state index contributed by atoms with van der Waals surface area (Å²) in [7, 11) is 0. The van der Waals surface area contributed by atoms with Crippen LogP contribution >= 0.6 is 0 Å². The Morgan fingerprint density at radius 3 is 2.57 bits per heavy atom. The predicted molar refractivity (Wildman–Crippen MR) is 56.0 cm³/mol. The third-order valence-electron chi connectivity index (χ3n) is 1.58. The summed E-state index contributed by atoms with van der Waals surface area (Å²) >= 11 is 0. The molecule has 0 aliphatic carbocycles. The molecule has 1 aliphatic rings. The van der Waals surface area contributed by atoms with Crippen LogP contribution in [0.3, 0.4) is 0 Å². The Morgan fingerprint density at radius 1 is 1.29 bits per heavy atom. The number of nitrogens with zero attached hydrogens (tertiary/aromatic N) is 1. The smallest absolute Gasteiger partial charge is 0.135 e. The fourth-order valence-electron chi connectivity index (χ4n) is 0.970. The van der Waals surface area contributed by atoms with Gasteiger partial charge in [-0.05, 0) is 5.56 Å². The standard InChI is InChI=1S/C12H15NO/c14-12-6-8-13(9-7-12)10-11-4-2-1-3-5-11/h1-5H,6-10H2/i6D2,7D2,8D2,9D2,10D2. The summed E-state index contributed by atoms with van der Waals surface area (Å²) in [5.41, 5.74) is -0.196. The van der Waals surface area contributed by atoms with E-state index in [1.54, 1.807) is 6.07 Å². The molecule has 0 spiro atoms. The number of ketones is 1. The maximum atomic E-state index is 12.0. The van der Waals surface area contributed by atoms with Gasteiger partial charge in [-0.15, -0.1) is 0 Å². The summed E-state index contributed by atoms with van der Waals surface area (Å²) in [4.78, 5) is 11.9. The van der Waals surface area contributed by atoms with Crippen LogP contribution in [0.5, 0.6) is 0 Å². The van der Waals surface area contributed by atoms with Gasteiger partial charge in [-0.25, -0.2) is 0 Å². The third-order valence-corrected chi connectivity index (χ3v) is 1.58. The number of likely N-dealkylation sites (tertiary alicyclic amines) is 1. The van der Waals surface area contributed by atoms with Gasteiger partial charge in [0, 0.05) is 45.9 Å². The minimum absolute atomic E-state index is 0.163. The topological polar surface area (TPSA) is 20.3 Å². The average molecular weight is 199 g/mol. The third kappa shape index (κ3) is 2.42. The molecule has 1 aliphatic heterocycles. The quantitative estimate of drug-likeness (QED) is 0.724. The van der Waals surface area contributed by atoms with Crippen LogP contribution in [0, 0.1) is 0 Å². The number of piperidine rings is 1. The lowest BCUT2D eigenvalue weighted by atomic mass is 10.1. The largest absolute Gasteiger partial charge is 0.300 e. The van der Waals surface area contributed by atoms with Crippen LogP contribution in [-0.2, 0) is 11.3 Å². The van der Waals surface area contributed by atoms with Crippen molar-refractivity contribution >= 4 is 5.78 Å². The molecule has 0 amide bonds. The van der Waals surface area contributed by atoms with E-state index in [9.17, 15) is 4.79 Å². The first kappa shape index (κ1) is 3.17. The maximum absolute atomic E-state index is 12.0. The van der Waals surface area contributed by atoms with E-state index < -0.39 is 38.0 Å². The molecule has 14 heavy (non-hydrogen) atoms. The van der Waals surface area contributed by atoms with Crippen LogP contribution in [0.4, 0.5) is 0 Å². The maximum Gasteiger partial charge on any atom is 0.135 e. The number of Topliss-reactive ketones (excluding diaryl/α,β-unsaturated/α-hetero) is 1. The highest BCUT2D eigenvalue weighted by molar-refractivity contribution is 5.79. The number of rotatable bonds is 2. The molecule has 1 fully saturated rings. The number of benzene rings is 1. The normalized spacial score (nSPS) is 44.4. The van der Waals surface area contributed by atoms with Gasteiger partial charge >= 0.3 is 0 Å². The second-order valence-electron chi connectivity index (χ2n) is 2.62. The Morgan fingerprint density at radius 2 is 1.93 bits per heavy atom. The molecule has 0 bridgehead atoms. The summed E-state index contributed by atoms with van der Waals surface area (Å²) in [6.07, 6.45) is -6.91. The van der Waals surface area contributed by atoms with Crippen molar-refractivity contribution < 1.29 is 18.5 Å². The summed E-state index contributed by atoms with van der Waals surface area (Å²) < 4.78 is 78.6. The minimum Gasteiger partial charge on any atom is -0.300 e. The first-order valence-corrected chi connectivity index (χ1v) is 4.04. The Bertz CT molecular complexity index is 627. The van der Waals surface area contributed by atoms with Gasteiger partial charge in [0.05, 0.1) is 0 Å². The SMILES string of the molecule is [2H]C([2H])(c1ccccc1)N1C([2H])([2H])C([2H])([2H])C(=O)C([2H])([2H])C1([2H])[2H]. The molecule has 0 unspecified atom stereocenters. The van der Waals surface area contributed by atoms with E-state index in [0.29, 0.717) is 0 Å². The molecule has 0 saturated carbocycles. The minimum atomic E-state index is -3.45. The van der Waals surface area contributed by atoms with E-state index >= 15 is 0 Å². The lowest BCUT2D eigenvalue weighted by Crippen LogP contribution is -2.33.